The molecular weight excluding hydrogens is 500 g/mol. The molecule has 1 aromatic rings. The van der Waals surface area contributed by atoms with Gasteiger partial charge in [0, 0.05) is 22.0 Å². The van der Waals surface area contributed by atoms with Gasteiger partial charge in [0.25, 0.3) is 0 Å². The van der Waals surface area contributed by atoms with E-state index in [-0.39, 0.29) is 12.8 Å². The molecule has 1 aromatic carbocycles. The molecule has 1 aliphatic carbocycles. The van der Waals surface area contributed by atoms with Gasteiger partial charge in [0.05, 0.1) is 6.33 Å². The highest BCUT2D eigenvalue weighted by Crippen LogP contribution is 2.43. The topological polar surface area (TPSA) is 137 Å². The number of carboxylic acid groups (broad SMARTS) is 1. The molecule has 1 fully saturated rings. The molecule has 0 radical (unpaired) electrons. The van der Waals surface area contributed by atoms with Crippen molar-refractivity contribution in [3.8, 4) is 23.0 Å². The van der Waals surface area contributed by atoms with Crippen molar-refractivity contribution in [3.05, 3.63) is 22.9 Å². The van der Waals surface area contributed by atoms with E-state index in [4.69, 9.17) is 15.2 Å². The third kappa shape index (κ3) is 4.16. The summed E-state index contributed by atoms with van der Waals surface area (Å²) in [5.74, 6) is 2.68. The summed E-state index contributed by atoms with van der Waals surface area (Å²) >= 11 is 4.94. The van der Waals surface area contributed by atoms with Gasteiger partial charge >= 0.3 is 6.09 Å². The summed E-state index contributed by atoms with van der Waals surface area (Å²) in [6.07, 6.45) is 4.53. The quantitative estimate of drug-likeness (QED) is 0.424. The third-order valence-electron chi connectivity index (χ3n) is 5.81. The molecule has 1 amide bonds. The second kappa shape index (κ2) is 8.66. The molecule has 0 spiro atoms. The van der Waals surface area contributed by atoms with Crippen LogP contribution in [0.1, 0.15) is 25.7 Å². The van der Waals surface area contributed by atoms with Crippen molar-refractivity contribution >= 4 is 39.6 Å². The third-order valence-corrected chi connectivity index (χ3v) is 7.65. The summed E-state index contributed by atoms with van der Waals surface area (Å²) in [6.45, 7) is 0.759. The molecule has 1 unspecified atom stereocenters. The lowest BCUT2D eigenvalue weighted by molar-refractivity contribution is 0.165. The lowest BCUT2D eigenvalue weighted by Gasteiger charge is -2.33. The van der Waals surface area contributed by atoms with Crippen LogP contribution < -0.4 is 20.5 Å². The Labute approximate surface area is 196 Å². The zero-order valence-electron chi connectivity index (χ0n) is 17.0. The van der Waals surface area contributed by atoms with Gasteiger partial charge in [-0.2, -0.15) is 0 Å². The van der Waals surface area contributed by atoms with Gasteiger partial charge < -0.3 is 30.2 Å². The number of nitrogens with two attached hydrogens (primary N) is 1. The van der Waals surface area contributed by atoms with Crippen molar-refractivity contribution in [2.45, 2.75) is 48.3 Å². The monoisotopic (exact) mass is 520 g/mol. The maximum Gasteiger partial charge on any atom is 0.404 e. The van der Waals surface area contributed by atoms with Gasteiger partial charge in [-0.05, 0) is 65.0 Å². The van der Waals surface area contributed by atoms with Gasteiger partial charge in [0.1, 0.15) is 0 Å². The number of ether oxygens (including phenoxy) is 2. The minimum Gasteiger partial charge on any atom is -0.465 e. The van der Waals surface area contributed by atoms with Crippen molar-refractivity contribution in [1.29, 1.82) is 0 Å². The molecule has 3 aliphatic heterocycles. The highest BCUT2D eigenvalue weighted by atomic mass is 79.9. The number of rotatable bonds is 7. The van der Waals surface area contributed by atoms with Gasteiger partial charge in [-0.15, -0.1) is 0 Å². The average molecular weight is 521 g/mol. The lowest BCUT2D eigenvalue weighted by Crippen LogP contribution is -2.42. The second-order valence-corrected chi connectivity index (χ2v) is 9.64. The van der Waals surface area contributed by atoms with Gasteiger partial charge in [-0.1, -0.05) is 6.42 Å². The van der Waals surface area contributed by atoms with E-state index in [1.807, 2.05) is 16.7 Å². The minimum absolute atomic E-state index is 0.0947. The van der Waals surface area contributed by atoms with Crippen molar-refractivity contribution in [2.75, 3.05) is 12.5 Å². The van der Waals surface area contributed by atoms with Gasteiger partial charge in [-0.3, -0.25) is 0 Å². The maximum absolute atomic E-state index is 11.2. The number of aryl methyl sites for hydroxylation is 1. The normalized spacial score (nSPS) is 16.2. The molecule has 0 saturated heterocycles. The molecule has 3 heterocycles. The predicted octanol–water partition coefficient (Wildman–Crippen LogP) is 3.83. The summed E-state index contributed by atoms with van der Waals surface area (Å²) < 4.78 is 13.6. The SMILES string of the molecule is Nc1ncn(CCC(NC(=O)O)C2CCC2)c2nc(Sc3cc4c(cc3Br)OCO4)nc1-2. The van der Waals surface area contributed by atoms with Crippen molar-refractivity contribution in [2.24, 2.45) is 5.92 Å². The van der Waals surface area contributed by atoms with E-state index < -0.39 is 6.09 Å². The molecule has 1 saturated carbocycles. The highest BCUT2D eigenvalue weighted by molar-refractivity contribution is 9.10. The lowest BCUT2D eigenvalue weighted by atomic mass is 9.78. The number of fused-ring (bicyclic) bond motifs is 2. The average Bonchev–Trinajstić information content (AvgIpc) is 3.33. The predicted molar refractivity (Wildman–Crippen MR) is 120 cm³/mol. The number of amides is 1. The number of halogens is 1. The first-order chi connectivity index (χ1) is 15.5. The number of benzene rings is 1. The molecule has 0 bridgehead atoms. The second-order valence-electron chi connectivity index (χ2n) is 7.78. The van der Waals surface area contributed by atoms with Gasteiger partial charge in [0.15, 0.2) is 34.0 Å². The van der Waals surface area contributed by atoms with Crippen LogP contribution in [0.2, 0.25) is 0 Å². The Morgan fingerprint density at radius 2 is 2.12 bits per heavy atom. The van der Waals surface area contributed by atoms with E-state index in [1.54, 1.807) is 6.33 Å². The van der Waals surface area contributed by atoms with Crippen molar-refractivity contribution < 1.29 is 19.4 Å². The van der Waals surface area contributed by atoms with Crippen LogP contribution in [-0.4, -0.2) is 43.6 Å². The first-order valence-corrected chi connectivity index (χ1v) is 11.8. The fraction of sp³-hybridized carbons (Fsp3) is 0.400. The van der Waals surface area contributed by atoms with Gasteiger partial charge in [-0.25, -0.2) is 19.7 Å². The zero-order valence-corrected chi connectivity index (χ0v) is 19.4. The molecule has 4 aliphatic rings. The molecule has 32 heavy (non-hydrogen) atoms. The van der Waals surface area contributed by atoms with E-state index in [0.29, 0.717) is 52.9 Å². The Kier molecular flexibility index (Phi) is 5.72. The number of anilines is 1. The summed E-state index contributed by atoms with van der Waals surface area (Å²) in [4.78, 5) is 25.6. The number of hydrogen-bond donors (Lipinski definition) is 3. The smallest absolute Gasteiger partial charge is 0.404 e. The summed E-state index contributed by atoms with van der Waals surface area (Å²) in [5, 5.41) is 12.4. The number of aromatic nitrogens is 4. The van der Waals surface area contributed by atoms with Gasteiger partial charge in [0.2, 0.25) is 6.79 Å². The number of carbonyl (C=O) groups is 1. The fourth-order valence-electron chi connectivity index (χ4n) is 3.92. The van der Waals surface area contributed by atoms with E-state index >= 15 is 0 Å². The molecule has 168 valence electrons. The maximum atomic E-state index is 11.2. The van der Waals surface area contributed by atoms with Crippen LogP contribution in [0, 0.1) is 5.92 Å². The van der Waals surface area contributed by atoms with Crippen LogP contribution >= 0.6 is 27.7 Å². The number of nitrogen functional groups attached to an aromatic ring is 1. The van der Waals surface area contributed by atoms with Crippen LogP contribution in [0.25, 0.3) is 11.5 Å². The van der Waals surface area contributed by atoms with Crippen LogP contribution in [0.5, 0.6) is 11.5 Å². The Balaban J connectivity index is 1.38. The molecular formula is C20H21BrN6O4S. The first-order valence-electron chi connectivity index (χ1n) is 10.2. The number of nitrogens with zero attached hydrogens (tertiary/aromatic N) is 4. The van der Waals surface area contributed by atoms with E-state index in [1.165, 1.54) is 11.8 Å². The first kappa shape index (κ1) is 21.1. The summed E-state index contributed by atoms with van der Waals surface area (Å²) in [7, 11) is 0. The molecule has 1 atom stereocenters. The minimum atomic E-state index is -0.992. The summed E-state index contributed by atoms with van der Waals surface area (Å²) in [6, 6.07) is 3.65. The molecule has 0 aromatic heterocycles. The van der Waals surface area contributed by atoms with Crippen LogP contribution in [0.3, 0.4) is 0 Å². The number of nitrogens with one attached hydrogen (secondary N) is 1. The highest BCUT2D eigenvalue weighted by Gasteiger charge is 2.29. The Morgan fingerprint density at radius 3 is 2.84 bits per heavy atom. The van der Waals surface area contributed by atoms with Crippen LogP contribution in [0.4, 0.5) is 10.6 Å². The Bertz CT molecular complexity index is 1140. The van der Waals surface area contributed by atoms with E-state index in [9.17, 15) is 9.90 Å². The molecule has 4 N–H and O–H groups in total. The number of hydrogen-bond acceptors (Lipinski definition) is 8. The van der Waals surface area contributed by atoms with E-state index in [2.05, 4.69) is 36.2 Å². The molecule has 5 rings (SSSR count). The largest absolute Gasteiger partial charge is 0.465 e. The molecule has 10 nitrogen and oxygen atoms in total. The Hall–Kier alpha value is -2.73. The number of imidazole rings is 1. The van der Waals surface area contributed by atoms with Crippen molar-refractivity contribution in [1.82, 2.24) is 24.8 Å². The zero-order chi connectivity index (χ0) is 22.2. The summed E-state index contributed by atoms with van der Waals surface area (Å²) in [5.41, 5.74) is 6.59. The molecule has 12 heteroatoms. The van der Waals surface area contributed by atoms with Crippen molar-refractivity contribution in [3.63, 3.8) is 0 Å². The standard InChI is InChI=1S/C20H21BrN6O4S/c21-11-6-13-14(31-9-30-13)7-15(11)32-19-25-16-17(22)23-8-27(18(16)26-19)5-4-12(24-20(28)29)10-2-1-3-10/h6-8,10,12,24H,1-5,9,22H2,(H,28,29). The van der Waals surface area contributed by atoms with Crippen LogP contribution in [-0.2, 0) is 6.54 Å². The van der Waals surface area contributed by atoms with Crippen LogP contribution in [0.15, 0.2) is 33.0 Å². The fourth-order valence-corrected chi connectivity index (χ4v) is 5.28. The Morgan fingerprint density at radius 1 is 1.34 bits per heavy atom. The van der Waals surface area contributed by atoms with E-state index in [0.717, 1.165) is 28.6 Å².